The Morgan fingerprint density at radius 1 is 1.00 bits per heavy atom. The number of hydrogen-bond donors (Lipinski definition) is 2. The fraction of sp³-hybridized carbons (Fsp3) is 0.0588. The van der Waals surface area contributed by atoms with Gasteiger partial charge in [0.15, 0.2) is 0 Å². The van der Waals surface area contributed by atoms with E-state index in [1.54, 1.807) is 6.08 Å². The molecule has 0 unspecified atom stereocenters. The lowest BCUT2D eigenvalue weighted by molar-refractivity contribution is -0.136. The number of carbonyl (C=O) groups is 2. The summed E-state index contributed by atoms with van der Waals surface area (Å²) in [7, 11) is 0. The average Bonchev–Trinajstić information content (AvgIpc) is 2.52. The van der Waals surface area contributed by atoms with Crippen LogP contribution < -0.4 is 4.90 Å². The largest absolute Gasteiger partial charge is 0.508 e. The first-order valence-corrected chi connectivity index (χ1v) is 6.62. The molecule has 0 atom stereocenters. The molecule has 5 heteroatoms. The number of amides is 1. The van der Waals surface area contributed by atoms with E-state index in [1.807, 2.05) is 30.3 Å². The summed E-state index contributed by atoms with van der Waals surface area (Å²) in [6, 6.07) is 15.0. The molecule has 0 fully saturated rings. The molecule has 0 saturated carbocycles. The Labute approximate surface area is 127 Å². The molecule has 0 spiro atoms. The van der Waals surface area contributed by atoms with Crippen molar-refractivity contribution in [1.29, 1.82) is 0 Å². The van der Waals surface area contributed by atoms with Crippen molar-refractivity contribution in [2.24, 2.45) is 0 Å². The van der Waals surface area contributed by atoms with Crippen LogP contribution in [0, 0.1) is 0 Å². The number of carboxylic acid groups (broad SMARTS) is 1. The van der Waals surface area contributed by atoms with Crippen LogP contribution in [0.2, 0.25) is 0 Å². The summed E-state index contributed by atoms with van der Waals surface area (Å²) in [6.45, 7) is -0.456. The Bertz CT molecular complexity index is 678. The molecule has 2 N–H and O–H groups in total. The van der Waals surface area contributed by atoms with Gasteiger partial charge in [0.05, 0.1) is 0 Å². The summed E-state index contributed by atoms with van der Waals surface area (Å²) in [5.41, 5.74) is 1.25. The number of aromatic hydroxyl groups is 1. The van der Waals surface area contributed by atoms with Gasteiger partial charge in [0.1, 0.15) is 12.3 Å². The molecule has 0 bridgehead atoms. The predicted octanol–water partition coefficient (Wildman–Crippen LogP) is 2.52. The van der Waals surface area contributed by atoms with Crippen LogP contribution >= 0.6 is 0 Å². The van der Waals surface area contributed by atoms with Crippen LogP contribution in [0.15, 0.2) is 60.7 Å². The number of benzene rings is 2. The maximum absolute atomic E-state index is 12.3. The summed E-state index contributed by atoms with van der Waals surface area (Å²) in [6.07, 6.45) is 2.95. The van der Waals surface area contributed by atoms with Crippen LogP contribution in [0.4, 0.5) is 5.69 Å². The highest BCUT2D eigenvalue weighted by Gasteiger charge is 2.16. The molecular weight excluding hydrogens is 282 g/mol. The zero-order valence-corrected chi connectivity index (χ0v) is 11.7. The highest BCUT2D eigenvalue weighted by atomic mass is 16.4. The molecule has 1 amide bonds. The van der Waals surface area contributed by atoms with E-state index in [4.69, 9.17) is 5.11 Å². The summed E-state index contributed by atoms with van der Waals surface area (Å²) in [5.74, 6) is -1.52. The lowest BCUT2D eigenvalue weighted by Gasteiger charge is -2.19. The molecular formula is C17H15NO4. The van der Waals surface area contributed by atoms with Gasteiger partial charge in [-0.2, -0.15) is 0 Å². The normalized spacial score (nSPS) is 10.5. The van der Waals surface area contributed by atoms with Gasteiger partial charge in [0.25, 0.3) is 5.91 Å². The van der Waals surface area contributed by atoms with Crippen LogP contribution in [0.3, 0.4) is 0 Å². The second-order valence-electron chi connectivity index (χ2n) is 4.58. The van der Waals surface area contributed by atoms with E-state index in [0.717, 1.165) is 10.5 Å². The molecule has 0 heterocycles. The molecule has 0 radical (unpaired) electrons. The Kier molecular flexibility index (Phi) is 4.93. The molecule has 0 aliphatic heterocycles. The van der Waals surface area contributed by atoms with E-state index in [-0.39, 0.29) is 5.75 Å². The summed E-state index contributed by atoms with van der Waals surface area (Å²) in [4.78, 5) is 24.3. The molecule has 0 saturated heterocycles. The number of carboxylic acids is 1. The minimum atomic E-state index is -1.12. The first kappa shape index (κ1) is 15.3. The lowest BCUT2D eigenvalue weighted by atomic mass is 10.2. The Balaban J connectivity index is 2.21. The third-order valence-corrected chi connectivity index (χ3v) is 2.94. The van der Waals surface area contributed by atoms with Gasteiger partial charge in [0.2, 0.25) is 0 Å². The third kappa shape index (κ3) is 4.21. The highest BCUT2D eigenvalue weighted by molar-refractivity contribution is 6.06. The fourth-order valence-corrected chi connectivity index (χ4v) is 1.89. The van der Waals surface area contributed by atoms with E-state index in [0.29, 0.717) is 5.69 Å². The van der Waals surface area contributed by atoms with Gasteiger partial charge in [-0.05, 0) is 35.9 Å². The number of phenolic OH excluding ortho intramolecular Hbond substituents is 1. The molecule has 2 rings (SSSR count). The smallest absolute Gasteiger partial charge is 0.323 e. The number of nitrogens with zero attached hydrogens (tertiary/aromatic N) is 1. The van der Waals surface area contributed by atoms with Gasteiger partial charge in [-0.15, -0.1) is 0 Å². The van der Waals surface area contributed by atoms with Gasteiger partial charge in [-0.25, -0.2) is 0 Å². The van der Waals surface area contributed by atoms with Crippen LogP contribution in [-0.2, 0) is 9.59 Å². The van der Waals surface area contributed by atoms with Gasteiger partial charge in [-0.1, -0.05) is 30.3 Å². The van der Waals surface area contributed by atoms with Crippen molar-refractivity contribution in [1.82, 2.24) is 0 Å². The van der Waals surface area contributed by atoms with E-state index in [2.05, 4.69) is 0 Å². The Hall–Kier alpha value is -3.08. The first-order valence-electron chi connectivity index (χ1n) is 6.62. The van der Waals surface area contributed by atoms with Gasteiger partial charge in [0, 0.05) is 11.8 Å². The molecule has 0 aliphatic carbocycles. The number of carbonyl (C=O) groups excluding carboxylic acids is 1. The molecule has 22 heavy (non-hydrogen) atoms. The van der Waals surface area contributed by atoms with Crippen LogP contribution in [-0.4, -0.2) is 28.6 Å². The van der Waals surface area contributed by atoms with Crippen LogP contribution in [0.1, 0.15) is 5.56 Å². The summed E-state index contributed by atoms with van der Waals surface area (Å²) in [5, 5.41) is 18.2. The fourth-order valence-electron chi connectivity index (χ4n) is 1.89. The van der Waals surface area contributed by atoms with E-state index < -0.39 is 18.4 Å². The quantitative estimate of drug-likeness (QED) is 0.831. The second kappa shape index (κ2) is 7.08. The minimum absolute atomic E-state index is 0.0475. The van der Waals surface area contributed by atoms with Gasteiger partial charge >= 0.3 is 5.97 Å². The molecule has 112 valence electrons. The highest BCUT2D eigenvalue weighted by Crippen LogP contribution is 2.19. The maximum atomic E-state index is 12.3. The molecule has 0 aliphatic rings. The third-order valence-electron chi connectivity index (χ3n) is 2.94. The summed E-state index contributed by atoms with van der Waals surface area (Å²) < 4.78 is 0. The van der Waals surface area contributed by atoms with Crippen molar-refractivity contribution in [2.45, 2.75) is 0 Å². The molecule has 0 aromatic heterocycles. The topological polar surface area (TPSA) is 77.8 Å². The van der Waals surface area contributed by atoms with Gasteiger partial charge < -0.3 is 10.2 Å². The average molecular weight is 297 g/mol. The van der Waals surface area contributed by atoms with E-state index >= 15 is 0 Å². The zero-order valence-electron chi connectivity index (χ0n) is 11.7. The Morgan fingerprint density at radius 2 is 1.64 bits per heavy atom. The number of phenols is 1. The van der Waals surface area contributed by atoms with Crippen molar-refractivity contribution in [3.8, 4) is 5.75 Å². The monoisotopic (exact) mass is 297 g/mol. The maximum Gasteiger partial charge on any atom is 0.323 e. The van der Waals surface area contributed by atoms with Crippen molar-refractivity contribution < 1.29 is 19.8 Å². The van der Waals surface area contributed by atoms with Crippen molar-refractivity contribution in [3.05, 3.63) is 66.2 Å². The standard InChI is InChI=1S/C17H15NO4/c19-15-9-7-14(8-10-15)18(12-17(21)22)16(20)11-6-13-4-2-1-3-5-13/h1-11,19H,12H2,(H,21,22). The van der Waals surface area contributed by atoms with Crippen molar-refractivity contribution in [2.75, 3.05) is 11.4 Å². The number of aliphatic carboxylic acids is 1. The first-order chi connectivity index (χ1) is 10.6. The van der Waals surface area contributed by atoms with E-state index in [1.165, 1.54) is 30.3 Å². The lowest BCUT2D eigenvalue weighted by Crippen LogP contribution is -2.34. The molecule has 5 nitrogen and oxygen atoms in total. The predicted molar refractivity (Wildman–Crippen MR) is 83.6 cm³/mol. The van der Waals surface area contributed by atoms with E-state index in [9.17, 15) is 14.7 Å². The zero-order chi connectivity index (χ0) is 15.9. The van der Waals surface area contributed by atoms with Crippen LogP contribution in [0.5, 0.6) is 5.75 Å². The van der Waals surface area contributed by atoms with Crippen LogP contribution in [0.25, 0.3) is 6.08 Å². The number of anilines is 1. The van der Waals surface area contributed by atoms with Crippen molar-refractivity contribution in [3.63, 3.8) is 0 Å². The second-order valence-corrected chi connectivity index (χ2v) is 4.58. The molecule has 2 aromatic rings. The van der Waals surface area contributed by atoms with Crippen molar-refractivity contribution >= 4 is 23.6 Å². The Morgan fingerprint density at radius 3 is 2.23 bits per heavy atom. The molecule has 2 aromatic carbocycles. The SMILES string of the molecule is O=C(O)CN(C(=O)C=Cc1ccccc1)c1ccc(O)cc1. The summed E-state index contributed by atoms with van der Waals surface area (Å²) >= 11 is 0. The number of hydrogen-bond acceptors (Lipinski definition) is 3. The van der Waals surface area contributed by atoms with Gasteiger partial charge in [-0.3, -0.25) is 14.5 Å². The minimum Gasteiger partial charge on any atom is -0.508 e. The number of rotatable bonds is 5.